The molecule has 1 aromatic carbocycles. The lowest BCUT2D eigenvalue weighted by atomic mass is 9.93. The molecule has 0 aromatic heterocycles. The van der Waals surface area contributed by atoms with Crippen molar-refractivity contribution in [2.24, 2.45) is 0 Å². The highest BCUT2D eigenvalue weighted by Crippen LogP contribution is 2.60. The molecule has 0 spiro atoms. The number of benzene rings is 1. The summed E-state index contributed by atoms with van der Waals surface area (Å²) >= 11 is 0. The Morgan fingerprint density at radius 2 is 1.09 bits per heavy atom. The van der Waals surface area contributed by atoms with Gasteiger partial charge < -0.3 is 0 Å². The molecule has 0 bridgehead atoms. The predicted octanol–water partition coefficient (Wildman–Crippen LogP) is 5.83. The van der Waals surface area contributed by atoms with Gasteiger partial charge >= 0.3 is 35.8 Å². The average Bonchev–Trinajstić information content (AvgIpc) is 2.60. The van der Waals surface area contributed by atoms with Crippen LogP contribution in [-0.4, -0.2) is 50.8 Å². The van der Waals surface area contributed by atoms with Gasteiger partial charge in [-0.05, 0) is 19.1 Å². The van der Waals surface area contributed by atoms with Crippen LogP contribution < -0.4 is 0 Å². The maximum Gasteiger partial charge on any atom is 0.460 e. The quantitative estimate of drug-likeness (QED) is 0.305. The number of aryl methyl sites for hydroxylation is 1. The topological polar surface area (TPSA) is 43.4 Å². The van der Waals surface area contributed by atoms with Crippen molar-refractivity contribution < 1.29 is 69.7 Å². The predicted molar refractivity (Wildman–Crippen MR) is 79.7 cm³/mol. The molecule has 0 N–H and O–H groups in total. The minimum Gasteiger partial charge on any atom is -0.266 e. The second-order valence-corrected chi connectivity index (χ2v) is 7.95. The molecule has 0 atom stereocenters. The number of rotatable bonds is 9. The monoisotopic (exact) mass is 518 g/mol. The Kier molecular flexibility index (Phi) is 7.25. The SMILES string of the molecule is Cc1ccc(S(=O)(=O)OCCC(F)(F)C(F)(F)C(F)(F)C(F)(F)C(F)(F)C(F)(F)F)cc1. The van der Waals surface area contributed by atoms with Crippen LogP contribution in [-0.2, 0) is 14.3 Å². The fourth-order valence-electron chi connectivity index (χ4n) is 2.01. The molecule has 0 aliphatic heterocycles. The molecule has 1 rings (SSSR count). The summed E-state index contributed by atoms with van der Waals surface area (Å²) in [6, 6.07) is 4.10. The Bertz CT molecular complexity index is 905. The van der Waals surface area contributed by atoms with Gasteiger partial charge in [0.25, 0.3) is 10.1 Å². The number of halogens is 13. The van der Waals surface area contributed by atoms with Crippen molar-refractivity contribution in [1.29, 1.82) is 0 Å². The van der Waals surface area contributed by atoms with Gasteiger partial charge in [-0.2, -0.15) is 65.5 Å². The summed E-state index contributed by atoms with van der Waals surface area (Å²) in [6.07, 6.45) is -10.3. The minimum atomic E-state index is -8.01. The second-order valence-electron chi connectivity index (χ2n) is 6.34. The van der Waals surface area contributed by atoms with Crippen molar-refractivity contribution in [2.45, 2.75) is 54.0 Å². The Hall–Kier alpha value is -1.78. The molecule has 0 radical (unpaired) electrons. The van der Waals surface area contributed by atoms with Gasteiger partial charge in [0.05, 0.1) is 11.5 Å². The zero-order chi connectivity index (χ0) is 25.6. The summed E-state index contributed by atoms with van der Waals surface area (Å²) in [5.74, 6) is -37.7. The van der Waals surface area contributed by atoms with Crippen LogP contribution in [0.1, 0.15) is 12.0 Å². The molecular weight excluding hydrogens is 507 g/mol. The molecule has 1 aromatic rings. The van der Waals surface area contributed by atoms with E-state index >= 15 is 0 Å². The first-order valence-electron chi connectivity index (χ1n) is 7.87. The van der Waals surface area contributed by atoms with E-state index in [0.717, 1.165) is 12.1 Å². The standard InChI is InChI=1S/C15H11F13O3S/c1-8-2-4-9(5-3-8)32(29,30)31-7-6-10(16,17)11(18,19)12(20,21)13(22,23)14(24,25)15(26,27)28/h2-5H,6-7H2,1H3. The van der Waals surface area contributed by atoms with Gasteiger partial charge in [0.2, 0.25) is 0 Å². The Morgan fingerprint density at radius 1 is 0.688 bits per heavy atom. The van der Waals surface area contributed by atoms with E-state index in [9.17, 15) is 65.5 Å². The van der Waals surface area contributed by atoms with Gasteiger partial charge in [-0.1, -0.05) is 17.7 Å². The van der Waals surface area contributed by atoms with E-state index in [4.69, 9.17) is 0 Å². The number of alkyl halides is 13. The van der Waals surface area contributed by atoms with Crippen LogP contribution in [0.5, 0.6) is 0 Å². The van der Waals surface area contributed by atoms with E-state index in [1.54, 1.807) is 0 Å². The van der Waals surface area contributed by atoms with Gasteiger partial charge in [0.1, 0.15) is 0 Å². The third-order valence-electron chi connectivity index (χ3n) is 3.96. The third kappa shape index (κ3) is 4.63. The normalized spacial score (nSPS) is 15.2. The number of hydrogen-bond acceptors (Lipinski definition) is 3. The van der Waals surface area contributed by atoms with Crippen molar-refractivity contribution in [3.05, 3.63) is 29.8 Å². The Balaban J connectivity index is 3.14. The first-order valence-corrected chi connectivity index (χ1v) is 9.28. The molecule has 0 amide bonds. The molecule has 0 saturated carbocycles. The third-order valence-corrected chi connectivity index (χ3v) is 5.29. The van der Waals surface area contributed by atoms with Gasteiger partial charge in [0, 0.05) is 6.42 Å². The molecule has 0 saturated heterocycles. The lowest BCUT2D eigenvalue weighted by Crippen LogP contribution is -2.70. The van der Waals surface area contributed by atoms with E-state index in [1.165, 1.54) is 19.1 Å². The van der Waals surface area contributed by atoms with Crippen molar-refractivity contribution in [3.63, 3.8) is 0 Å². The second kappa shape index (κ2) is 8.22. The minimum absolute atomic E-state index is 0.508. The van der Waals surface area contributed by atoms with Crippen molar-refractivity contribution in [2.75, 3.05) is 6.61 Å². The molecular formula is C15H11F13O3S. The van der Waals surface area contributed by atoms with Crippen molar-refractivity contribution in [3.8, 4) is 0 Å². The maximum absolute atomic E-state index is 13.6. The van der Waals surface area contributed by atoms with E-state index in [1.807, 2.05) is 0 Å². The summed E-state index contributed by atoms with van der Waals surface area (Å²) in [7, 11) is -4.93. The molecule has 0 aliphatic rings. The summed E-state index contributed by atoms with van der Waals surface area (Å²) < 4.78 is 196. The van der Waals surface area contributed by atoms with Gasteiger partial charge in [-0.3, -0.25) is 4.18 Å². The highest BCUT2D eigenvalue weighted by Gasteiger charge is 2.90. The zero-order valence-corrected chi connectivity index (χ0v) is 16.1. The molecule has 32 heavy (non-hydrogen) atoms. The lowest BCUT2D eigenvalue weighted by Gasteiger charge is -2.39. The highest BCUT2D eigenvalue weighted by molar-refractivity contribution is 7.86. The largest absolute Gasteiger partial charge is 0.460 e. The molecule has 0 heterocycles. The van der Waals surface area contributed by atoms with Crippen LogP contribution in [0.15, 0.2) is 29.2 Å². The molecule has 0 aliphatic carbocycles. The smallest absolute Gasteiger partial charge is 0.266 e. The fraction of sp³-hybridized carbons (Fsp3) is 0.600. The van der Waals surface area contributed by atoms with Crippen LogP contribution in [0.2, 0.25) is 0 Å². The maximum atomic E-state index is 13.6. The van der Waals surface area contributed by atoms with Gasteiger partial charge in [-0.15, -0.1) is 0 Å². The van der Waals surface area contributed by atoms with Crippen molar-refractivity contribution >= 4 is 10.1 Å². The lowest BCUT2D eigenvalue weighted by molar-refractivity contribution is -0.440. The van der Waals surface area contributed by atoms with Crippen LogP contribution in [0.4, 0.5) is 57.1 Å². The van der Waals surface area contributed by atoms with E-state index in [2.05, 4.69) is 4.18 Å². The summed E-state index contributed by atoms with van der Waals surface area (Å²) in [5.41, 5.74) is 0.508. The van der Waals surface area contributed by atoms with Crippen LogP contribution in [0.25, 0.3) is 0 Å². The molecule has 0 unspecified atom stereocenters. The Morgan fingerprint density at radius 3 is 1.50 bits per heavy atom. The molecule has 186 valence electrons. The average molecular weight is 518 g/mol. The summed E-state index contributed by atoms with van der Waals surface area (Å²) in [5, 5.41) is 0. The van der Waals surface area contributed by atoms with Crippen LogP contribution >= 0.6 is 0 Å². The molecule has 17 heteroatoms. The van der Waals surface area contributed by atoms with Crippen LogP contribution in [0.3, 0.4) is 0 Å². The first-order chi connectivity index (χ1) is 14.0. The first kappa shape index (κ1) is 28.3. The fourth-order valence-corrected chi connectivity index (χ4v) is 2.92. The van der Waals surface area contributed by atoms with Crippen molar-refractivity contribution in [1.82, 2.24) is 0 Å². The molecule has 3 nitrogen and oxygen atoms in total. The van der Waals surface area contributed by atoms with E-state index < -0.39 is 63.8 Å². The van der Waals surface area contributed by atoms with Gasteiger partial charge in [0.15, 0.2) is 0 Å². The van der Waals surface area contributed by atoms with E-state index in [0.29, 0.717) is 5.56 Å². The van der Waals surface area contributed by atoms with Crippen LogP contribution in [0, 0.1) is 6.92 Å². The van der Waals surface area contributed by atoms with Gasteiger partial charge in [-0.25, -0.2) is 0 Å². The summed E-state index contributed by atoms with van der Waals surface area (Å²) in [4.78, 5) is -0.708. The zero-order valence-electron chi connectivity index (χ0n) is 15.3. The highest BCUT2D eigenvalue weighted by atomic mass is 32.2. The summed E-state index contributed by atoms with van der Waals surface area (Å²) in [6.45, 7) is -0.547. The Labute approximate surface area is 171 Å². The van der Waals surface area contributed by atoms with E-state index in [-0.39, 0.29) is 0 Å². The molecule has 0 fully saturated rings. The number of hydrogen-bond donors (Lipinski definition) is 0.